The summed E-state index contributed by atoms with van der Waals surface area (Å²) in [6, 6.07) is -0.430. The van der Waals surface area contributed by atoms with E-state index in [9.17, 15) is 43.2 Å². The topological polar surface area (TPSA) is 248 Å². The van der Waals surface area contributed by atoms with Gasteiger partial charge in [0.15, 0.2) is 17.3 Å². The molecule has 19 heteroatoms. The summed E-state index contributed by atoms with van der Waals surface area (Å²) in [4.78, 5) is 94.9. The number of carbonyl (C=O) groups is 9. The fraction of sp³-hybridized carbons (Fsp3) is 0.809. The third-order valence-corrected chi connectivity index (χ3v) is 7.27. The molecule has 0 saturated heterocycles. The van der Waals surface area contributed by atoms with Crippen LogP contribution in [0.15, 0.2) is 0 Å². The Kier molecular flexibility index (Phi) is 84.8. The number of esters is 1. The highest BCUT2D eigenvalue weighted by Gasteiger charge is 2.15. The van der Waals surface area contributed by atoms with Crippen LogP contribution in [0.3, 0.4) is 0 Å². The molecule has 0 aliphatic heterocycles. The minimum atomic E-state index is -0.430. The van der Waals surface area contributed by atoms with E-state index in [0.29, 0.717) is 78.0 Å². The summed E-state index contributed by atoms with van der Waals surface area (Å²) in [5.41, 5.74) is 0. The second kappa shape index (κ2) is 70.4. The molecule has 0 spiro atoms. The van der Waals surface area contributed by atoms with Crippen LogP contribution < -0.4 is 21.3 Å². The maximum Gasteiger partial charge on any atom is 0.302 e. The number of rotatable bonds is 28. The van der Waals surface area contributed by atoms with Gasteiger partial charge in [0, 0.05) is 72.1 Å². The molecule has 0 aromatic carbocycles. The van der Waals surface area contributed by atoms with Crippen molar-refractivity contribution in [1.29, 1.82) is 0 Å². The molecule has 0 fully saturated rings. The Morgan fingerprint density at radius 1 is 0.515 bits per heavy atom. The first-order valence-corrected chi connectivity index (χ1v) is 24.4. The summed E-state index contributed by atoms with van der Waals surface area (Å²) in [6.07, 6.45) is 6.24. The number of Topliss-reactive ketones (excluding diaryl/α,β-unsaturated/α-hetero) is 5. The summed E-state index contributed by atoms with van der Waals surface area (Å²) < 4.78 is 23.9. The van der Waals surface area contributed by atoms with Crippen LogP contribution >= 0.6 is 11.8 Å². The lowest BCUT2D eigenvalue weighted by atomic mass is 10.1. The Balaban J connectivity index is -0.000000102. The van der Waals surface area contributed by atoms with E-state index in [0.717, 1.165) is 26.2 Å². The highest BCUT2D eigenvalue weighted by Crippen LogP contribution is 1.99. The van der Waals surface area contributed by atoms with Gasteiger partial charge in [-0.2, -0.15) is 11.8 Å². The maximum absolute atomic E-state index is 11.3. The van der Waals surface area contributed by atoms with E-state index in [1.54, 1.807) is 34.6 Å². The molecular formula is C47H96N4O14S. The van der Waals surface area contributed by atoms with Gasteiger partial charge in [0.05, 0.1) is 19.3 Å². The van der Waals surface area contributed by atoms with Crippen molar-refractivity contribution in [2.45, 2.75) is 155 Å². The Bertz CT molecular complexity index is 1150. The van der Waals surface area contributed by atoms with Gasteiger partial charge in [-0.05, 0) is 114 Å². The van der Waals surface area contributed by atoms with E-state index in [-0.39, 0.29) is 72.4 Å². The zero-order chi connectivity index (χ0) is 53.0. The van der Waals surface area contributed by atoms with Crippen molar-refractivity contribution in [3.8, 4) is 0 Å². The molecular weight excluding hydrogens is 877 g/mol. The van der Waals surface area contributed by atoms with Crippen molar-refractivity contribution in [2.75, 3.05) is 98.2 Å². The molecule has 1 atom stereocenters. The molecule has 18 nitrogen and oxygen atoms in total. The monoisotopic (exact) mass is 973 g/mol. The summed E-state index contributed by atoms with van der Waals surface area (Å²) in [5, 5.41) is 10.9. The van der Waals surface area contributed by atoms with Crippen LogP contribution in [0.1, 0.15) is 149 Å². The smallest absolute Gasteiger partial charge is 0.302 e. The molecule has 394 valence electrons. The van der Waals surface area contributed by atoms with Gasteiger partial charge in [-0.15, -0.1) is 0 Å². The minimum absolute atomic E-state index is 0.00182. The lowest BCUT2D eigenvalue weighted by Crippen LogP contribution is -2.40. The quantitative estimate of drug-likeness (QED) is 0.0544. The lowest BCUT2D eigenvalue weighted by molar-refractivity contribution is -0.140. The van der Waals surface area contributed by atoms with Crippen LogP contribution in [0, 0.1) is 0 Å². The molecule has 0 heterocycles. The van der Waals surface area contributed by atoms with Gasteiger partial charge in [0.1, 0.15) is 31.4 Å². The standard InChI is InChI=1S/C12H22N2O3.C7H13NO3.C7H14O2.C6H12O2.C5H10O2.C4H8O2.C3H9N.C3H8S/c1-4-11(16)13-8-6-7-10(9(3)15)14-12(17)5-2;1-3-8-7(10)5-11-4-6(2)9;1-3-9-6-4-5-7(2)8;1-3-8-5-4-6(2)7;1-3-7-4-5(2)6;1-3-6-4(2)5;2*1-3-4-2/h10H,4-8H2,1-3H3,(H,13,16)(H,14,17);3-5H2,1-2H3,(H,8,10);3-6H2,1-2H3;3-5H2,1-2H3;3-4H2,1-2H3;3H2,1-2H3;4H,3H2,1-2H3;3H2,1-2H3. The van der Waals surface area contributed by atoms with E-state index in [4.69, 9.17) is 18.9 Å². The van der Waals surface area contributed by atoms with Crippen molar-refractivity contribution in [2.24, 2.45) is 0 Å². The molecule has 4 N–H and O–H groups in total. The van der Waals surface area contributed by atoms with Crippen LogP contribution in [0.4, 0.5) is 0 Å². The molecule has 0 aromatic rings. The van der Waals surface area contributed by atoms with E-state index in [1.165, 1.54) is 33.4 Å². The Labute approximate surface area is 404 Å². The third-order valence-electron chi connectivity index (χ3n) is 6.70. The molecule has 3 amide bonds. The number of ether oxygens (including phenoxy) is 5. The van der Waals surface area contributed by atoms with Gasteiger partial charge >= 0.3 is 5.97 Å². The first kappa shape index (κ1) is 79.5. The van der Waals surface area contributed by atoms with Crippen LogP contribution in [-0.4, -0.2) is 157 Å². The first-order chi connectivity index (χ1) is 31.1. The molecule has 0 saturated carbocycles. The number of thioether (sulfide) groups is 1. The van der Waals surface area contributed by atoms with Crippen LogP contribution in [-0.2, 0) is 66.8 Å². The molecule has 0 rings (SSSR count). The van der Waals surface area contributed by atoms with Crippen molar-refractivity contribution in [1.82, 2.24) is 21.3 Å². The van der Waals surface area contributed by atoms with E-state index in [1.807, 2.05) is 46.5 Å². The second-order valence-corrected chi connectivity index (χ2v) is 14.4. The zero-order valence-electron chi connectivity index (χ0n) is 44.3. The van der Waals surface area contributed by atoms with E-state index < -0.39 is 6.04 Å². The van der Waals surface area contributed by atoms with Crippen LogP contribution in [0.25, 0.3) is 0 Å². The van der Waals surface area contributed by atoms with Gasteiger partial charge in [-0.25, -0.2) is 0 Å². The number of amides is 3. The normalized spacial score (nSPS) is 9.53. The summed E-state index contributed by atoms with van der Waals surface area (Å²) in [6.45, 7) is 32.3. The van der Waals surface area contributed by atoms with E-state index in [2.05, 4.69) is 46.1 Å². The van der Waals surface area contributed by atoms with Crippen LogP contribution in [0.2, 0.25) is 0 Å². The summed E-state index contributed by atoms with van der Waals surface area (Å²) in [7, 11) is 1.93. The molecule has 0 aliphatic rings. The van der Waals surface area contributed by atoms with Gasteiger partial charge in [0.25, 0.3) is 0 Å². The average Bonchev–Trinajstić information content (AvgIpc) is 3.26. The molecule has 0 aromatic heterocycles. The van der Waals surface area contributed by atoms with Crippen molar-refractivity contribution in [3.05, 3.63) is 0 Å². The maximum atomic E-state index is 11.3. The Morgan fingerprint density at radius 2 is 0.985 bits per heavy atom. The first-order valence-electron chi connectivity index (χ1n) is 23.0. The molecule has 0 radical (unpaired) electrons. The van der Waals surface area contributed by atoms with Gasteiger partial charge in [-0.1, -0.05) is 27.7 Å². The summed E-state index contributed by atoms with van der Waals surface area (Å²) in [5.74, 6) is 1.12. The average molecular weight is 973 g/mol. The van der Waals surface area contributed by atoms with Gasteiger partial charge in [-0.3, -0.25) is 38.4 Å². The number of nitrogens with one attached hydrogen (secondary N) is 4. The van der Waals surface area contributed by atoms with Crippen LogP contribution in [0.5, 0.6) is 0 Å². The molecule has 0 bridgehead atoms. The highest BCUT2D eigenvalue weighted by molar-refractivity contribution is 7.98. The predicted octanol–water partition coefficient (Wildman–Crippen LogP) is 5.68. The predicted molar refractivity (Wildman–Crippen MR) is 267 cm³/mol. The second-order valence-electron chi connectivity index (χ2n) is 13.3. The minimum Gasteiger partial charge on any atom is -0.466 e. The van der Waals surface area contributed by atoms with Gasteiger partial charge in [0.2, 0.25) is 17.7 Å². The molecule has 0 aliphatic carbocycles. The lowest BCUT2D eigenvalue weighted by Gasteiger charge is -2.15. The number of carbonyl (C=O) groups excluding carboxylic acids is 9. The number of hydrogen-bond acceptors (Lipinski definition) is 16. The Morgan fingerprint density at radius 3 is 1.30 bits per heavy atom. The number of likely N-dealkylation sites (N-methyl/N-ethyl adjacent to an activating group) is 1. The Hall–Kier alpha value is -3.62. The summed E-state index contributed by atoms with van der Waals surface area (Å²) >= 11 is 1.86. The van der Waals surface area contributed by atoms with Crippen molar-refractivity contribution < 1.29 is 66.8 Å². The fourth-order valence-corrected chi connectivity index (χ4v) is 3.24. The number of hydrogen-bond donors (Lipinski definition) is 4. The fourth-order valence-electron chi connectivity index (χ4n) is 3.24. The zero-order valence-corrected chi connectivity index (χ0v) is 45.2. The third kappa shape index (κ3) is 108. The molecule has 1 unspecified atom stereocenters. The van der Waals surface area contributed by atoms with Crippen molar-refractivity contribution >= 4 is 64.4 Å². The number of ketones is 5. The molecule has 66 heavy (non-hydrogen) atoms. The van der Waals surface area contributed by atoms with Gasteiger partial charge < -0.3 is 49.7 Å². The van der Waals surface area contributed by atoms with E-state index >= 15 is 0 Å². The largest absolute Gasteiger partial charge is 0.466 e. The SMILES string of the molecule is CCC(=O)NCCCC(NC(=O)CC)C(C)=O.CCNC.CCNC(=O)COCC(C)=O.CCOC(C)=O.CCOCC(C)=O.CCOCCC(C)=O.CCOCCCC(C)=O.CCSC. The van der Waals surface area contributed by atoms with Crippen molar-refractivity contribution in [3.63, 3.8) is 0 Å². The highest BCUT2D eigenvalue weighted by atomic mass is 32.2.